The minimum atomic E-state index is -0.494. The Morgan fingerprint density at radius 3 is 2.41 bits per heavy atom. The van der Waals surface area contributed by atoms with Gasteiger partial charge in [0.25, 0.3) is 0 Å². The molecule has 3 aromatic carbocycles. The lowest BCUT2D eigenvalue weighted by Crippen LogP contribution is -2.19. The van der Waals surface area contributed by atoms with Crippen molar-refractivity contribution in [3.63, 3.8) is 0 Å². The first-order valence-corrected chi connectivity index (χ1v) is 11.6. The zero-order chi connectivity index (χ0) is 22.5. The van der Waals surface area contributed by atoms with Gasteiger partial charge < -0.3 is 15.4 Å². The van der Waals surface area contributed by atoms with Crippen molar-refractivity contribution in [3.8, 4) is 5.75 Å². The average Bonchev–Trinajstić information content (AvgIpc) is 3.64. The number of carbonyl (C=O) groups excluding carboxylic acids is 2. The van der Waals surface area contributed by atoms with Gasteiger partial charge >= 0.3 is 0 Å². The van der Waals surface area contributed by atoms with Crippen LogP contribution in [0, 0.1) is 5.92 Å². The third-order valence-electron chi connectivity index (χ3n) is 5.06. The maximum atomic E-state index is 13.3. The number of amides is 2. The van der Waals surface area contributed by atoms with Crippen molar-refractivity contribution in [2.45, 2.75) is 23.0 Å². The van der Waals surface area contributed by atoms with Crippen LogP contribution in [0.15, 0.2) is 77.7 Å². The SMILES string of the molecule is COc1ccc(NC(=O)C(Sc2cccc(NC(=O)C3CC3)c2)c2ccccc2)cc1Cl. The molecule has 1 saturated carbocycles. The first-order chi connectivity index (χ1) is 15.5. The van der Waals surface area contributed by atoms with Crippen LogP contribution in [-0.2, 0) is 9.59 Å². The Labute approximate surface area is 196 Å². The number of halogens is 1. The van der Waals surface area contributed by atoms with E-state index in [1.54, 1.807) is 25.3 Å². The zero-order valence-electron chi connectivity index (χ0n) is 17.5. The highest BCUT2D eigenvalue weighted by Gasteiger charge is 2.29. The molecule has 0 aliphatic heterocycles. The van der Waals surface area contributed by atoms with Gasteiger partial charge in [-0.2, -0.15) is 0 Å². The van der Waals surface area contributed by atoms with Gasteiger partial charge in [-0.1, -0.05) is 48.0 Å². The molecule has 32 heavy (non-hydrogen) atoms. The number of ether oxygens (including phenoxy) is 1. The summed E-state index contributed by atoms with van der Waals surface area (Å²) in [7, 11) is 1.54. The third kappa shape index (κ3) is 5.64. The van der Waals surface area contributed by atoms with Crippen molar-refractivity contribution in [1.29, 1.82) is 0 Å². The summed E-state index contributed by atoms with van der Waals surface area (Å²) in [4.78, 5) is 26.3. The van der Waals surface area contributed by atoms with Crippen LogP contribution in [0.2, 0.25) is 5.02 Å². The van der Waals surface area contributed by atoms with Gasteiger partial charge in [0.2, 0.25) is 11.8 Å². The second-order valence-corrected chi connectivity index (χ2v) is 9.12. The van der Waals surface area contributed by atoms with E-state index in [9.17, 15) is 9.59 Å². The molecule has 7 heteroatoms. The van der Waals surface area contributed by atoms with Gasteiger partial charge in [-0.25, -0.2) is 0 Å². The first kappa shape index (κ1) is 22.2. The summed E-state index contributed by atoms with van der Waals surface area (Å²) in [5.41, 5.74) is 2.20. The van der Waals surface area contributed by atoms with Gasteiger partial charge in [-0.15, -0.1) is 11.8 Å². The molecule has 0 bridgehead atoms. The van der Waals surface area contributed by atoms with E-state index in [4.69, 9.17) is 16.3 Å². The van der Waals surface area contributed by atoms with Crippen LogP contribution >= 0.6 is 23.4 Å². The molecule has 4 rings (SSSR count). The Hall–Kier alpha value is -2.96. The first-order valence-electron chi connectivity index (χ1n) is 10.3. The monoisotopic (exact) mass is 466 g/mol. The molecule has 164 valence electrons. The minimum Gasteiger partial charge on any atom is -0.495 e. The van der Waals surface area contributed by atoms with Crippen molar-refractivity contribution < 1.29 is 14.3 Å². The fourth-order valence-electron chi connectivity index (χ4n) is 3.23. The Bertz CT molecular complexity index is 1120. The summed E-state index contributed by atoms with van der Waals surface area (Å²) in [5, 5.41) is 5.85. The summed E-state index contributed by atoms with van der Waals surface area (Å²) in [6, 6.07) is 22.3. The topological polar surface area (TPSA) is 67.4 Å². The van der Waals surface area contributed by atoms with E-state index in [0.717, 1.165) is 29.0 Å². The largest absolute Gasteiger partial charge is 0.495 e. The fourth-order valence-corrected chi connectivity index (χ4v) is 4.57. The maximum absolute atomic E-state index is 13.3. The molecule has 2 N–H and O–H groups in total. The van der Waals surface area contributed by atoms with Crippen molar-refractivity contribution >= 4 is 46.6 Å². The Morgan fingerprint density at radius 1 is 0.969 bits per heavy atom. The number of nitrogens with one attached hydrogen (secondary N) is 2. The number of carbonyl (C=O) groups is 2. The van der Waals surface area contributed by atoms with Crippen molar-refractivity contribution in [3.05, 3.63) is 83.4 Å². The second kappa shape index (κ2) is 10.1. The van der Waals surface area contributed by atoms with Crippen LogP contribution in [0.25, 0.3) is 0 Å². The number of anilines is 2. The van der Waals surface area contributed by atoms with E-state index in [1.165, 1.54) is 11.8 Å². The highest BCUT2D eigenvalue weighted by molar-refractivity contribution is 8.00. The summed E-state index contributed by atoms with van der Waals surface area (Å²) in [5.74, 6) is 0.560. The Kier molecular flexibility index (Phi) is 7.02. The Morgan fingerprint density at radius 2 is 1.72 bits per heavy atom. The quantitative estimate of drug-likeness (QED) is 0.389. The highest BCUT2D eigenvalue weighted by atomic mass is 35.5. The molecule has 1 unspecified atom stereocenters. The van der Waals surface area contributed by atoms with Gasteiger partial charge in [0, 0.05) is 22.2 Å². The number of hydrogen-bond acceptors (Lipinski definition) is 4. The lowest BCUT2D eigenvalue weighted by Gasteiger charge is -2.18. The van der Waals surface area contributed by atoms with Gasteiger partial charge in [0.05, 0.1) is 12.1 Å². The number of benzene rings is 3. The van der Waals surface area contributed by atoms with E-state index in [2.05, 4.69) is 10.6 Å². The molecule has 1 aliphatic rings. The van der Waals surface area contributed by atoms with Crippen LogP contribution in [-0.4, -0.2) is 18.9 Å². The fraction of sp³-hybridized carbons (Fsp3) is 0.200. The average molecular weight is 467 g/mol. The number of thioether (sulfide) groups is 1. The molecule has 0 radical (unpaired) electrons. The van der Waals surface area contributed by atoms with E-state index in [1.807, 2.05) is 54.6 Å². The maximum Gasteiger partial charge on any atom is 0.242 e. The molecule has 2 amide bonds. The predicted octanol–water partition coefficient (Wildman–Crippen LogP) is 6.17. The molecule has 1 aliphatic carbocycles. The minimum absolute atomic E-state index is 0.0564. The van der Waals surface area contributed by atoms with Gasteiger partial charge in [-0.3, -0.25) is 9.59 Å². The van der Waals surface area contributed by atoms with Crippen LogP contribution in [0.1, 0.15) is 23.7 Å². The lowest BCUT2D eigenvalue weighted by atomic mass is 10.1. The molecule has 0 aromatic heterocycles. The molecule has 3 aromatic rings. The number of hydrogen-bond donors (Lipinski definition) is 2. The van der Waals surface area contributed by atoms with E-state index < -0.39 is 5.25 Å². The van der Waals surface area contributed by atoms with Crippen LogP contribution in [0.5, 0.6) is 5.75 Å². The van der Waals surface area contributed by atoms with Crippen LogP contribution < -0.4 is 15.4 Å². The molecule has 5 nitrogen and oxygen atoms in total. The van der Waals surface area contributed by atoms with Crippen LogP contribution in [0.3, 0.4) is 0 Å². The normalized spacial score (nSPS) is 13.8. The third-order valence-corrected chi connectivity index (χ3v) is 6.61. The predicted molar refractivity (Wildman–Crippen MR) is 129 cm³/mol. The number of rotatable bonds is 8. The number of methoxy groups -OCH3 is 1. The summed E-state index contributed by atoms with van der Waals surface area (Å²) < 4.78 is 5.18. The smallest absolute Gasteiger partial charge is 0.242 e. The van der Waals surface area contributed by atoms with E-state index >= 15 is 0 Å². The van der Waals surface area contributed by atoms with Gasteiger partial charge in [-0.05, 0) is 54.8 Å². The lowest BCUT2D eigenvalue weighted by molar-refractivity contribution is -0.117. The standard InChI is InChI=1S/C25H23ClN2O3S/c1-31-22-13-12-19(15-21(22)26)28-25(30)23(16-6-3-2-4-7-16)32-20-9-5-8-18(14-20)27-24(29)17-10-11-17/h2-9,12-15,17,23H,10-11H2,1H3,(H,27,29)(H,28,30). The van der Waals surface area contributed by atoms with Crippen molar-refractivity contribution in [1.82, 2.24) is 0 Å². The van der Waals surface area contributed by atoms with Gasteiger partial charge in [0.1, 0.15) is 11.0 Å². The second-order valence-electron chi connectivity index (χ2n) is 7.54. The molecular formula is C25H23ClN2O3S. The summed E-state index contributed by atoms with van der Waals surface area (Å²) in [6.45, 7) is 0. The van der Waals surface area contributed by atoms with Gasteiger partial charge in [0.15, 0.2) is 0 Å². The summed E-state index contributed by atoms with van der Waals surface area (Å²) >= 11 is 7.63. The molecular weight excluding hydrogens is 444 g/mol. The van der Waals surface area contributed by atoms with Crippen molar-refractivity contribution in [2.75, 3.05) is 17.7 Å². The zero-order valence-corrected chi connectivity index (χ0v) is 19.1. The molecule has 0 saturated heterocycles. The summed E-state index contributed by atoms with van der Waals surface area (Å²) in [6.07, 6.45) is 1.90. The van der Waals surface area contributed by atoms with E-state index in [-0.39, 0.29) is 17.7 Å². The van der Waals surface area contributed by atoms with E-state index in [0.29, 0.717) is 16.5 Å². The molecule has 1 fully saturated rings. The molecule has 1 atom stereocenters. The molecule has 0 heterocycles. The van der Waals surface area contributed by atoms with Crippen molar-refractivity contribution in [2.24, 2.45) is 5.92 Å². The Balaban J connectivity index is 1.54. The molecule has 0 spiro atoms. The van der Waals surface area contributed by atoms with Crippen LogP contribution in [0.4, 0.5) is 11.4 Å². The highest BCUT2D eigenvalue weighted by Crippen LogP contribution is 2.38.